The predicted octanol–water partition coefficient (Wildman–Crippen LogP) is 0.461. The Labute approximate surface area is 80.4 Å². The van der Waals surface area contributed by atoms with Gasteiger partial charge < -0.3 is 15.0 Å². The molecule has 2 rings (SSSR count). The molecule has 1 N–H and O–H groups in total. The summed E-state index contributed by atoms with van der Waals surface area (Å²) in [5.74, 6) is 0. The van der Waals surface area contributed by atoms with Crippen LogP contribution in [0.4, 0.5) is 0 Å². The Morgan fingerprint density at radius 3 is 2.77 bits per heavy atom. The van der Waals surface area contributed by atoms with E-state index < -0.39 is 0 Å². The number of ether oxygens (including phenoxy) is 1. The first kappa shape index (κ1) is 9.44. The Morgan fingerprint density at radius 2 is 2.08 bits per heavy atom. The lowest BCUT2D eigenvalue weighted by Crippen LogP contribution is -2.46. The van der Waals surface area contributed by atoms with E-state index >= 15 is 0 Å². The molecule has 13 heavy (non-hydrogen) atoms. The fourth-order valence-electron chi connectivity index (χ4n) is 2.17. The highest BCUT2D eigenvalue weighted by atomic mass is 16.5. The molecule has 3 nitrogen and oxygen atoms in total. The molecule has 0 amide bonds. The van der Waals surface area contributed by atoms with Gasteiger partial charge in [0.1, 0.15) is 0 Å². The fourth-order valence-corrected chi connectivity index (χ4v) is 2.17. The van der Waals surface area contributed by atoms with Crippen LogP contribution in [0.3, 0.4) is 0 Å². The van der Waals surface area contributed by atoms with Crippen LogP contribution in [-0.2, 0) is 4.74 Å². The van der Waals surface area contributed by atoms with Gasteiger partial charge in [-0.1, -0.05) is 6.42 Å². The highest BCUT2D eigenvalue weighted by Crippen LogP contribution is 2.10. The van der Waals surface area contributed by atoms with Crippen molar-refractivity contribution in [1.29, 1.82) is 0 Å². The second-order valence-corrected chi connectivity index (χ2v) is 4.06. The van der Waals surface area contributed by atoms with Gasteiger partial charge in [-0.3, -0.25) is 0 Å². The number of rotatable bonds is 2. The van der Waals surface area contributed by atoms with Crippen LogP contribution in [-0.4, -0.2) is 50.3 Å². The molecular formula is C10H20N2O. The Kier molecular flexibility index (Phi) is 3.58. The minimum absolute atomic E-state index is 0.437. The van der Waals surface area contributed by atoms with Crippen molar-refractivity contribution in [3.63, 3.8) is 0 Å². The molecule has 2 aliphatic rings. The number of piperidine rings is 1. The number of hydrogen-bond donors (Lipinski definition) is 1. The standard InChI is InChI=1S/C10H20N2O/c1-2-5-12(6-3-1)9-10-8-11-4-7-13-10/h10-11H,1-9H2/t10-/m1/s1. The van der Waals surface area contributed by atoms with Crippen LogP contribution in [0.5, 0.6) is 0 Å². The largest absolute Gasteiger partial charge is 0.374 e. The molecule has 0 aromatic carbocycles. The maximum Gasteiger partial charge on any atom is 0.0826 e. The maximum atomic E-state index is 5.68. The molecule has 0 radical (unpaired) electrons. The Bertz CT molecular complexity index is 124. The summed E-state index contributed by atoms with van der Waals surface area (Å²) in [7, 11) is 0. The van der Waals surface area contributed by atoms with Gasteiger partial charge in [-0.25, -0.2) is 0 Å². The first-order valence-corrected chi connectivity index (χ1v) is 5.50. The van der Waals surface area contributed by atoms with Gasteiger partial charge in [0.2, 0.25) is 0 Å². The minimum Gasteiger partial charge on any atom is -0.374 e. The lowest BCUT2D eigenvalue weighted by Gasteiger charge is -2.32. The van der Waals surface area contributed by atoms with Crippen molar-refractivity contribution in [2.24, 2.45) is 0 Å². The van der Waals surface area contributed by atoms with Crippen LogP contribution in [0, 0.1) is 0 Å². The van der Waals surface area contributed by atoms with Gasteiger partial charge in [0, 0.05) is 19.6 Å². The predicted molar refractivity (Wildman–Crippen MR) is 52.9 cm³/mol. The van der Waals surface area contributed by atoms with Crippen molar-refractivity contribution in [3.05, 3.63) is 0 Å². The summed E-state index contributed by atoms with van der Waals surface area (Å²) in [4.78, 5) is 2.54. The van der Waals surface area contributed by atoms with E-state index in [2.05, 4.69) is 10.2 Å². The molecule has 0 unspecified atom stereocenters. The van der Waals surface area contributed by atoms with E-state index in [4.69, 9.17) is 4.74 Å². The van der Waals surface area contributed by atoms with Crippen molar-refractivity contribution in [2.75, 3.05) is 39.3 Å². The van der Waals surface area contributed by atoms with Gasteiger partial charge in [0.25, 0.3) is 0 Å². The van der Waals surface area contributed by atoms with Crippen molar-refractivity contribution in [1.82, 2.24) is 10.2 Å². The van der Waals surface area contributed by atoms with Gasteiger partial charge in [-0.2, -0.15) is 0 Å². The molecule has 0 bridgehead atoms. The molecule has 2 heterocycles. The van der Waals surface area contributed by atoms with E-state index in [9.17, 15) is 0 Å². The van der Waals surface area contributed by atoms with Gasteiger partial charge in [-0.05, 0) is 25.9 Å². The number of likely N-dealkylation sites (tertiary alicyclic amines) is 1. The second-order valence-electron chi connectivity index (χ2n) is 4.06. The molecule has 3 heteroatoms. The van der Waals surface area contributed by atoms with Crippen LogP contribution >= 0.6 is 0 Å². The Balaban J connectivity index is 1.69. The zero-order chi connectivity index (χ0) is 8.93. The summed E-state index contributed by atoms with van der Waals surface area (Å²) in [6, 6.07) is 0. The fraction of sp³-hybridized carbons (Fsp3) is 1.00. The van der Waals surface area contributed by atoms with Crippen LogP contribution in [0.1, 0.15) is 19.3 Å². The topological polar surface area (TPSA) is 24.5 Å². The average molecular weight is 184 g/mol. The SMILES string of the molecule is C1CCN(C[C@H]2CNCCO2)CC1. The molecule has 1 atom stereocenters. The summed E-state index contributed by atoms with van der Waals surface area (Å²) in [6.07, 6.45) is 4.60. The summed E-state index contributed by atoms with van der Waals surface area (Å²) in [5.41, 5.74) is 0. The first-order chi connectivity index (χ1) is 6.45. The number of hydrogen-bond acceptors (Lipinski definition) is 3. The molecule has 0 spiro atoms. The zero-order valence-corrected chi connectivity index (χ0v) is 8.30. The molecule has 0 aliphatic carbocycles. The van der Waals surface area contributed by atoms with Crippen LogP contribution in [0.25, 0.3) is 0 Å². The average Bonchev–Trinajstić information content (AvgIpc) is 2.21. The highest BCUT2D eigenvalue weighted by molar-refractivity contribution is 4.73. The molecule has 2 aliphatic heterocycles. The summed E-state index contributed by atoms with van der Waals surface area (Å²) in [5, 5.41) is 3.37. The van der Waals surface area contributed by atoms with Gasteiger partial charge in [-0.15, -0.1) is 0 Å². The van der Waals surface area contributed by atoms with Crippen molar-refractivity contribution in [3.8, 4) is 0 Å². The van der Waals surface area contributed by atoms with E-state index in [1.54, 1.807) is 0 Å². The molecule has 0 aromatic rings. The second kappa shape index (κ2) is 4.94. The summed E-state index contributed by atoms with van der Waals surface area (Å²) < 4.78 is 5.68. The molecule has 2 saturated heterocycles. The molecule has 0 saturated carbocycles. The van der Waals surface area contributed by atoms with Crippen molar-refractivity contribution < 1.29 is 4.74 Å². The highest BCUT2D eigenvalue weighted by Gasteiger charge is 2.18. The third kappa shape index (κ3) is 2.93. The number of nitrogens with zero attached hydrogens (tertiary/aromatic N) is 1. The van der Waals surface area contributed by atoms with Crippen molar-refractivity contribution >= 4 is 0 Å². The molecule has 76 valence electrons. The summed E-state index contributed by atoms with van der Waals surface area (Å²) >= 11 is 0. The lowest BCUT2D eigenvalue weighted by atomic mass is 10.1. The van der Waals surface area contributed by atoms with Gasteiger partial charge >= 0.3 is 0 Å². The van der Waals surface area contributed by atoms with E-state index in [0.29, 0.717) is 6.10 Å². The Hall–Kier alpha value is -0.120. The van der Waals surface area contributed by atoms with E-state index in [1.807, 2.05) is 0 Å². The quantitative estimate of drug-likeness (QED) is 0.675. The van der Waals surface area contributed by atoms with E-state index in [-0.39, 0.29) is 0 Å². The number of nitrogens with one attached hydrogen (secondary N) is 1. The third-order valence-corrected chi connectivity index (χ3v) is 2.91. The van der Waals surface area contributed by atoms with Crippen LogP contribution < -0.4 is 5.32 Å². The van der Waals surface area contributed by atoms with Crippen LogP contribution in [0.15, 0.2) is 0 Å². The lowest BCUT2D eigenvalue weighted by molar-refractivity contribution is 0.00234. The molecule has 0 aromatic heterocycles. The van der Waals surface area contributed by atoms with Crippen LogP contribution in [0.2, 0.25) is 0 Å². The Morgan fingerprint density at radius 1 is 1.23 bits per heavy atom. The van der Waals surface area contributed by atoms with E-state index in [1.165, 1.54) is 32.4 Å². The van der Waals surface area contributed by atoms with E-state index in [0.717, 1.165) is 26.2 Å². The van der Waals surface area contributed by atoms with Crippen molar-refractivity contribution in [2.45, 2.75) is 25.4 Å². The third-order valence-electron chi connectivity index (χ3n) is 2.91. The first-order valence-electron chi connectivity index (χ1n) is 5.50. The zero-order valence-electron chi connectivity index (χ0n) is 8.30. The molecule has 2 fully saturated rings. The smallest absolute Gasteiger partial charge is 0.0826 e. The van der Waals surface area contributed by atoms with Gasteiger partial charge in [0.05, 0.1) is 12.7 Å². The minimum atomic E-state index is 0.437. The monoisotopic (exact) mass is 184 g/mol. The molecular weight excluding hydrogens is 164 g/mol. The maximum absolute atomic E-state index is 5.68. The summed E-state index contributed by atoms with van der Waals surface area (Å²) in [6.45, 7) is 6.64. The number of morpholine rings is 1. The van der Waals surface area contributed by atoms with Gasteiger partial charge in [0.15, 0.2) is 0 Å². The normalized spacial score (nSPS) is 31.8.